The molecule has 0 unspecified atom stereocenters. The summed E-state index contributed by atoms with van der Waals surface area (Å²) in [5.74, 6) is -0.297. The number of nitrogens with one attached hydrogen (secondary N) is 1. The van der Waals surface area contributed by atoms with E-state index in [9.17, 15) is 4.79 Å². The number of fused-ring (bicyclic) bond motifs is 1. The van der Waals surface area contributed by atoms with Gasteiger partial charge in [0.1, 0.15) is 0 Å². The fourth-order valence-corrected chi connectivity index (χ4v) is 2.18. The summed E-state index contributed by atoms with van der Waals surface area (Å²) in [4.78, 5) is 18.6. The minimum Gasteiger partial charge on any atom is -0.295 e. The van der Waals surface area contributed by atoms with Gasteiger partial charge in [-0.25, -0.2) is 5.48 Å². The highest BCUT2D eigenvalue weighted by Gasteiger charge is 2.20. The molecule has 0 aliphatic carbocycles. The summed E-state index contributed by atoms with van der Waals surface area (Å²) < 4.78 is 1.92. The summed E-state index contributed by atoms with van der Waals surface area (Å²) in [6.45, 7) is 7.14. The lowest BCUT2D eigenvalue weighted by molar-refractivity contribution is 0.0531. The summed E-state index contributed by atoms with van der Waals surface area (Å²) in [6.07, 6.45) is 1.05. The highest BCUT2D eigenvalue weighted by molar-refractivity contribution is 5.91. The third-order valence-corrected chi connectivity index (χ3v) is 3.20. The molecule has 0 spiro atoms. The monoisotopic (exact) mass is 254 g/mol. The van der Waals surface area contributed by atoms with Crippen LogP contribution in [0.4, 0.5) is 0 Å². The van der Waals surface area contributed by atoms with Gasteiger partial charge in [0.15, 0.2) is 5.69 Å². The quantitative estimate of drug-likeness (QED) is 0.819. The first-order valence-electron chi connectivity index (χ1n) is 6.26. The zero-order valence-corrected chi connectivity index (χ0v) is 11.1. The molecule has 1 aromatic rings. The number of hydroxylamine groups is 1. The molecule has 2 heterocycles. The van der Waals surface area contributed by atoms with Crippen molar-refractivity contribution in [2.75, 3.05) is 13.7 Å². The maximum Gasteiger partial charge on any atom is 0.295 e. The van der Waals surface area contributed by atoms with E-state index in [1.165, 1.54) is 7.11 Å². The Labute approximate surface area is 108 Å². The summed E-state index contributed by atoms with van der Waals surface area (Å²) in [7, 11) is 1.42. The molecule has 0 saturated heterocycles. The third-order valence-electron chi connectivity index (χ3n) is 3.20. The molecule has 18 heavy (non-hydrogen) atoms. The van der Waals surface area contributed by atoms with E-state index in [1.807, 2.05) is 10.7 Å². The average Bonchev–Trinajstić information content (AvgIpc) is 2.61. The van der Waals surface area contributed by atoms with Crippen molar-refractivity contribution >= 4 is 5.91 Å². The van der Waals surface area contributed by atoms with E-state index in [2.05, 4.69) is 34.2 Å². The Kier molecular flexibility index (Phi) is 3.98. The number of hydrogen-bond donors (Lipinski definition) is 1. The van der Waals surface area contributed by atoms with Crippen LogP contribution >= 0.6 is 0 Å². The maximum atomic E-state index is 11.6. The van der Waals surface area contributed by atoms with E-state index in [1.54, 1.807) is 0 Å². The smallest absolute Gasteiger partial charge is 0.295 e. The number of carbonyl (C=O) groups excluding carboxylic acids is 1. The second-order valence-corrected chi connectivity index (χ2v) is 4.80. The molecule has 0 saturated carbocycles. The molecule has 0 aromatic carbocycles. The van der Waals surface area contributed by atoms with Crippen molar-refractivity contribution in [3.8, 4) is 0 Å². The Morgan fingerprint density at radius 1 is 1.56 bits per heavy atom. The largest absolute Gasteiger partial charge is 0.295 e. The molecular weight excluding hydrogens is 232 g/mol. The minimum absolute atomic E-state index is 0. The molecule has 1 amide bonds. The first-order valence-corrected chi connectivity index (χ1v) is 6.26. The van der Waals surface area contributed by atoms with Gasteiger partial charge in [-0.05, 0) is 26.3 Å². The second-order valence-electron chi connectivity index (χ2n) is 4.80. The van der Waals surface area contributed by atoms with Crippen LogP contribution in [0.25, 0.3) is 0 Å². The van der Waals surface area contributed by atoms with Crippen LogP contribution in [-0.4, -0.2) is 40.3 Å². The van der Waals surface area contributed by atoms with Crippen LogP contribution in [-0.2, 0) is 17.9 Å². The van der Waals surface area contributed by atoms with Gasteiger partial charge in [0.05, 0.1) is 12.8 Å². The van der Waals surface area contributed by atoms with Gasteiger partial charge in [0.25, 0.3) is 5.91 Å². The zero-order chi connectivity index (χ0) is 13.1. The van der Waals surface area contributed by atoms with Gasteiger partial charge in [0.2, 0.25) is 0 Å². The Hall–Kier alpha value is -1.40. The first kappa shape index (κ1) is 13.0. The predicted molar refractivity (Wildman–Crippen MR) is 69.0 cm³/mol. The molecule has 6 heteroatoms. The van der Waals surface area contributed by atoms with Gasteiger partial charge in [-0.3, -0.25) is 19.2 Å². The normalized spacial score (nSPS) is 16.4. The van der Waals surface area contributed by atoms with E-state index in [0.29, 0.717) is 11.7 Å². The minimum atomic E-state index is -0.297. The predicted octanol–water partition coefficient (Wildman–Crippen LogP) is 1.03. The molecule has 1 N–H and O–H groups in total. The fraction of sp³-hybridized carbons (Fsp3) is 0.667. The second kappa shape index (κ2) is 5.49. The molecule has 1 aromatic heterocycles. The molecule has 2 rings (SSSR count). The van der Waals surface area contributed by atoms with Crippen molar-refractivity contribution in [2.24, 2.45) is 0 Å². The number of rotatable bonds is 3. The van der Waals surface area contributed by atoms with Gasteiger partial charge < -0.3 is 0 Å². The number of carbonyl (C=O) groups is 1. The van der Waals surface area contributed by atoms with Crippen LogP contribution in [0.15, 0.2) is 6.07 Å². The Morgan fingerprint density at radius 3 is 3.00 bits per heavy atom. The van der Waals surface area contributed by atoms with Crippen LogP contribution in [0, 0.1) is 0 Å². The van der Waals surface area contributed by atoms with Gasteiger partial charge in [-0.1, -0.05) is 0 Å². The number of hydrogen-bond acceptors (Lipinski definition) is 4. The van der Waals surface area contributed by atoms with Gasteiger partial charge in [0, 0.05) is 27.1 Å². The van der Waals surface area contributed by atoms with Crippen molar-refractivity contribution in [1.82, 2.24) is 20.2 Å². The standard InChI is InChI=1S/C12H20N4O2.H2/c1-9(2)15-5-4-6-16-10(8-15)7-11(13-16)12(17)14-18-3;/h7,9H,4-6,8H2,1-3H3,(H,14,17);1H. The highest BCUT2D eigenvalue weighted by atomic mass is 16.6. The number of nitrogens with zero attached hydrogens (tertiary/aromatic N) is 3. The van der Waals surface area contributed by atoms with Crippen LogP contribution in [0.3, 0.4) is 0 Å². The molecule has 0 atom stereocenters. The van der Waals surface area contributed by atoms with E-state index in [0.717, 1.165) is 31.7 Å². The summed E-state index contributed by atoms with van der Waals surface area (Å²) in [5, 5.41) is 4.32. The first-order chi connectivity index (χ1) is 8.61. The Morgan fingerprint density at radius 2 is 2.33 bits per heavy atom. The van der Waals surface area contributed by atoms with Crippen molar-refractivity contribution in [3.05, 3.63) is 17.5 Å². The van der Waals surface area contributed by atoms with Crippen LogP contribution < -0.4 is 5.48 Å². The van der Waals surface area contributed by atoms with Crippen molar-refractivity contribution in [1.29, 1.82) is 0 Å². The van der Waals surface area contributed by atoms with Gasteiger partial charge >= 0.3 is 0 Å². The van der Waals surface area contributed by atoms with Crippen LogP contribution in [0.1, 0.15) is 37.9 Å². The van der Waals surface area contributed by atoms with E-state index in [-0.39, 0.29) is 7.33 Å². The lowest BCUT2D eigenvalue weighted by atomic mass is 10.2. The van der Waals surface area contributed by atoms with E-state index < -0.39 is 0 Å². The molecule has 0 radical (unpaired) electrons. The van der Waals surface area contributed by atoms with Gasteiger partial charge in [-0.2, -0.15) is 5.10 Å². The van der Waals surface area contributed by atoms with Gasteiger partial charge in [-0.15, -0.1) is 0 Å². The van der Waals surface area contributed by atoms with E-state index in [4.69, 9.17) is 0 Å². The Balaban J connectivity index is 0.00000180. The summed E-state index contributed by atoms with van der Waals surface area (Å²) in [6, 6.07) is 2.34. The van der Waals surface area contributed by atoms with Crippen LogP contribution in [0.2, 0.25) is 0 Å². The molecule has 6 nitrogen and oxygen atoms in total. The van der Waals surface area contributed by atoms with E-state index >= 15 is 0 Å². The van der Waals surface area contributed by atoms with Crippen molar-refractivity contribution in [3.63, 3.8) is 0 Å². The number of aryl methyl sites for hydroxylation is 1. The maximum absolute atomic E-state index is 11.6. The average molecular weight is 254 g/mol. The molecule has 1 aliphatic heterocycles. The topological polar surface area (TPSA) is 59.4 Å². The fourth-order valence-electron chi connectivity index (χ4n) is 2.18. The molecular formula is C12H22N4O2. The molecule has 0 bridgehead atoms. The summed E-state index contributed by atoms with van der Waals surface area (Å²) >= 11 is 0. The van der Waals surface area contributed by atoms with Crippen molar-refractivity contribution < 1.29 is 11.1 Å². The third kappa shape index (κ3) is 2.70. The van der Waals surface area contributed by atoms with Crippen LogP contribution in [0.5, 0.6) is 0 Å². The Bertz CT molecular complexity index is 433. The van der Waals surface area contributed by atoms with Crippen molar-refractivity contribution in [2.45, 2.75) is 39.4 Å². The molecule has 1 aliphatic rings. The lowest BCUT2D eigenvalue weighted by Crippen LogP contribution is -2.30. The molecule has 0 fully saturated rings. The zero-order valence-electron chi connectivity index (χ0n) is 11.1. The lowest BCUT2D eigenvalue weighted by Gasteiger charge is -2.23. The highest BCUT2D eigenvalue weighted by Crippen LogP contribution is 2.15. The number of aromatic nitrogens is 2. The molecule has 102 valence electrons. The number of amides is 1. The SMILES string of the molecule is CONC(=O)c1cc2n(n1)CCCN(C(C)C)C2.[HH]. The summed E-state index contributed by atoms with van der Waals surface area (Å²) in [5.41, 5.74) is 3.79.